The smallest absolute Gasteiger partial charge is 0.0113 e. The Morgan fingerprint density at radius 3 is 1.77 bits per heavy atom. The van der Waals surface area contributed by atoms with E-state index in [2.05, 4.69) is 26.2 Å². The molecule has 0 spiro atoms. The third-order valence-electron chi connectivity index (χ3n) is 6.28. The molecule has 22 heavy (non-hydrogen) atoms. The van der Waals surface area contributed by atoms with Gasteiger partial charge < -0.3 is 0 Å². The Labute approximate surface area is 139 Å². The van der Waals surface area contributed by atoms with Crippen LogP contribution >= 0.6 is 0 Å². The Morgan fingerprint density at radius 1 is 0.818 bits per heavy atom. The maximum absolute atomic E-state index is 4.05. The van der Waals surface area contributed by atoms with Gasteiger partial charge in [-0.1, -0.05) is 51.2 Å². The predicted octanol–water partition coefficient (Wildman–Crippen LogP) is 7.31. The van der Waals surface area contributed by atoms with Crippen LogP contribution in [0.3, 0.4) is 0 Å². The molecule has 0 heteroatoms. The van der Waals surface area contributed by atoms with Crippen LogP contribution in [0.2, 0.25) is 0 Å². The normalized spacial score (nSPS) is 34.9. The van der Waals surface area contributed by atoms with E-state index in [-0.39, 0.29) is 0 Å². The second-order valence-electron chi connectivity index (χ2n) is 8.33. The minimum atomic E-state index is 0.606. The molecule has 4 aliphatic rings. The Hall–Kier alpha value is -0.520. The van der Waals surface area contributed by atoms with Crippen molar-refractivity contribution in [2.45, 2.75) is 90.4 Å². The molecule has 0 aromatic heterocycles. The van der Waals surface area contributed by atoms with Gasteiger partial charge in [0, 0.05) is 0 Å². The molecule has 0 aromatic carbocycles. The molecule has 0 N–H and O–H groups in total. The number of hydrogen-bond acceptors (Lipinski definition) is 0. The number of allylic oxidation sites excluding steroid dienone is 2. The summed E-state index contributed by atoms with van der Waals surface area (Å²) in [6.07, 6.45) is 22.9. The highest BCUT2D eigenvalue weighted by atomic mass is 14.5. The Balaban J connectivity index is 0.000000165. The average Bonchev–Trinajstić information content (AvgIpc) is 2.50. The number of unbranched alkanes of at least 4 members (excludes halogenated alkanes) is 6. The van der Waals surface area contributed by atoms with Gasteiger partial charge in [0.05, 0.1) is 0 Å². The molecule has 126 valence electrons. The van der Waals surface area contributed by atoms with E-state index in [9.17, 15) is 0 Å². The van der Waals surface area contributed by atoms with E-state index >= 15 is 0 Å². The lowest BCUT2D eigenvalue weighted by Crippen LogP contribution is -2.44. The highest BCUT2D eigenvalue weighted by molar-refractivity contribution is 5.08. The zero-order valence-electron chi connectivity index (χ0n) is 15.0. The van der Waals surface area contributed by atoms with Gasteiger partial charge in [-0.3, -0.25) is 0 Å². The SMILES string of the molecule is C=CC12CC3CC(CC(C3)C1)C2.C=CCCCCCCCC. The molecule has 4 fully saturated rings. The second kappa shape index (κ2) is 8.94. The minimum absolute atomic E-state index is 0.606. The lowest BCUT2D eigenvalue weighted by molar-refractivity contribution is -0.0235. The van der Waals surface area contributed by atoms with Crippen LogP contribution < -0.4 is 0 Å². The van der Waals surface area contributed by atoms with Crippen LogP contribution in [0.4, 0.5) is 0 Å². The van der Waals surface area contributed by atoms with Crippen molar-refractivity contribution in [3.63, 3.8) is 0 Å². The summed E-state index contributed by atoms with van der Waals surface area (Å²) in [6.45, 7) is 10.00. The van der Waals surface area contributed by atoms with Gasteiger partial charge >= 0.3 is 0 Å². The Kier molecular flexibility index (Phi) is 7.25. The Bertz CT molecular complexity index is 303. The van der Waals surface area contributed by atoms with E-state index in [1.54, 1.807) is 19.3 Å². The minimum Gasteiger partial charge on any atom is -0.103 e. The summed E-state index contributed by atoms with van der Waals surface area (Å²) in [4.78, 5) is 0. The van der Waals surface area contributed by atoms with Crippen molar-refractivity contribution in [2.75, 3.05) is 0 Å². The first-order chi connectivity index (χ1) is 10.7. The van der Waals surface area contributed by atoms with Gasteiger partial charge in [-0.05, 0) is 74.5 Å². The average molecular weight is 303 g/mol. The second-order valence-corrected chi connectivity index (χ2v) is 8.33. The first-order valence-electron chi connectivity index (χ1n) is 9.96. The molecule has 0 heterocycles. The predicted molar refractivity (Wildman–Crippen MR) is 99.0 cm³/mol. The van der Waals surface area contributed by atoms with Crippen molar-refractivity contribution in [1.82, 2.24) is 0 Å². The van der Waals surface area contributed by atoms with Gasteiger partial charge in [0.1, 0.15) is 0 Å². The zero-order valence-corrected chi connectivity index (χ0v) is 15.0. The van der Waals surface area contributed by atoms with Gasteiger partial charge in [0.25, 0.3) is 0 Å². The summed E-state index contributed by atoms with van der Waals surface area (Å²) >= 11 is 0. The van der Waals surface area contributed by atoms with Gasteiger partial charge in [0.2, 0.25) is 0 Å². The van der Waals surface area contributed by atoms with Crippen molar-refractivity contribution in [1.29, 1.82) is 0 Å². The standard InChI is InChI=1S/C12H18.C10H20/c1-2-12-6-9-3-10(7-12)5-11(4-9)8-12;1-3-5-7-9-10-8-6-4-2/h2,9-11H,1,3-8H2;3H,1,4-10H2,2H3. The molecule has 0 unspecified atom stereocenters. The molecular weight excluding hydrogens is 264 g/mol. The maximum Gasteiger partial charge on any atom is -0.0113 e. The van der Waals surface area contributed by atoms with Crippen LogP contribution in [0.25, 0.3) is 0 Å². The van der Waals surface area contributed by atoms with Crippen molar-refractivity contribution in [2.24, 2.45) is 23.2 Å². The molecular formula is C22H38. The van der Waals surface area contributed by atoms with E-state index in [1.165, 1.54) is 64.2 Å². The van der Waals surface area contributed by atoms with Crippen molar-refractivity contribution in [3.8, 4) is 0 Å². The summed E-state index contributed by atoms with van der Waals surface area (Å²) in [5, 5.41) is 0. The first kappa shape index (κ1) is 17.8. The van der Waals surface area contributed by atoms with Gasteiger partial charge in [-0.25, -0.2) is 0 Å². The molecule has 4 rings (SSSR count). The maximum atomic E-state index is 4.05. The third-order valence-corrected chi connectivity index (χ3v) is 6.28. The van der Waals surface area contributed by atoms with E-state index in [4.69, 9.17) is 0 Å². The fourth-order valence-corrected chi connectivity index (χ4v) is 5.50. The van der Waals surface area contributed by atoms with Crippen LogP contribution in [-0.2, 0) is 0 Å². The van der Waals surface area contributed by atoms with Gasteiger partial charge in [0.15, 0.2) is 0 Å². The van der Waals surface area contributed by atoms with E-state index in [0.717, 1.165) is 17.8 Å². The van der Waals surface area contributed by atoms with Crippen LogP contribution in [-0.4, -0.2) is 0 Å². The molecule has 0 aromatic rings. The molecule has 4 saturated carbocycles. The molecule has 0 saturated heterocycles. The summed E-state index contributed by atoms with van der Waals surface area (Å²) < 4.78 is 0. The lowest BCUT2D eigenvalue weighted by atomic mass is 9.50. The molecule has 4 aliphatic carbocycles. The summed E-state index contributed by atoms with van der Waals surface area (Å²) in [7, 11) is 0. The molecule has 0 radical (unpaired) electrons. The van der Waals surface area contributed by atoms with Gasteiger partial charge in [-0.2, -0.15) is 0 Å². The van der Waals surface area contributed by atoms with Crippen LogP contribution in [0.5, 0.6) is 0 Å². The van der Waals surface area contributed by atoms with Crippen LogP contribution in [0, 0.1) is 23.2 Å². The monoisotopic (exact) mass is 302 g/mol. The fourth-order valence-electron chi connectivity index (χ4n) is 5.50. The van der Waals surface area contributed by atoms with Crippen molar-refractivity contribution < 1.29 is 0 Å². The quantitative estimate of drug-likeness (QED) is 0.325. The molecule has 0 nitrogen and oxygen atoms in total. The summed E-state index contributed by atoms with van der Waals surface area (Å²) in [5.41, 5.74) is 0.606. The topological polar surface area (TPSA) is 0 Å². The molecule has 0 atom stereocenters. The van der Waals surface area contributed by atoms with E-state index < -0.39 is 0 Å². The fraction of sp³-hybridized carbons (Fsp3) is 0.818. The summed E-state index contributed by atoms with van der Waals surface area (Å²) in [6, 6.07) is 0. The number of rotatable bonds is 8. The summed E-state index contributed by atoms with van der Waals surface area (Å²) in [5.74, 6) is 3.23. The lowest BCUT2D eigenvalue weighted by Gasteiger charge is -2.55. The largest absolute Gasteiger partial charge is 0.103 e. The zero-order chi connectivity index (χ0) is 15.8. The Morgan fingerprint density at radius 2 is 1.32 bits per heavy atom. The van der Waals surface area contributed by atoms with E-state index in [1.807, 2.05) is 6.08 Å². The highest BCUT2D eigenvalue weighted by Gasteiger charge is 2.49. The first-order valence-corrected chi connectivity index (χ1v) is 9.96. The van der Waals surface area contributed by atoms with Crippen LogP contribution in [0.1, 0.15) is 90.4 Å². The molecule has 0 amide bonds. The van der Waals surface area contributed by atoms with Crippen LogP contribution in [0.15, 0.2) is 25.3 Å². The molecule has 4 bridgehead atoms. The highest BCUT2D eigenvalue weighted by Crippen LogP contribution is 2.60. The van der Waals surface area contributed by atoms with Crippen molar-refractivity contribution >= 4 is 0 Å². The van der Waals surface area contributed by atoms with Gasteiger partial charge in [-0.15, -0.1) is 13.2 Å². The van der Waals surface area contributed by atoms with E-state index in [0.29, 0.717) is 5.41 Å². The number of hydrogen-bond donors (Lipinski definition) is 0. The third kappa shape index (κ3) is 5.00. The molecule has 0 aliphatic heterocycles. The van der Waals surface area contributed by atoms with Crippen molar-refractivity contribution in [3.05, 3.63) is 25.3 Å².